The predicted octanol–water partition coefficient (Wildman–Crippen LogP) is 4.93. The molecule has 2 heterocycles. The van der Waals surface area contributed by atoms with Gasteiger partial charge in [-0.25, -0.2) is 14.2 Å². The molecule has 8 heteroatoms. The van der Waals surface area contributed by atoms with Crippen LogP contribution in [-0.2, 0) is 17.6 Å². The lowest BCUT2D eigenvalue weighted by molar-refractivity contribution is 0.0522. The van der Waals surface area contributed by atoms with Crippen LogP contribution >= 0.6 is 22.6 Å². The summed E-state index contributed by atoms with van der Waals surface area (Å²) in [5, 5.41) is 4.32. The maximum Gasteiger partial charge on any atom is 0.435 e. The number of carbonyl (C=O) groups excluding carboxylic acids is 1. The molecule has 0 N–H and O–H groups in total. The summed E-state index contributed by atoms with van der Waals surface area (Å²) in [5.41, 5.74) is 3.85. The molecule has 3 aromatic rings. The Bertz CT molecular complexity index is 1120. The molecular formula is C21H21FIN3O3. The summed E-state index contributed by atoms with van der Waals surface area (Å²) in [7, 11) is 1.55. The smallest absolute Gasteiger partial charge is 0.435 e. The second-order valence-electron chi connectivity index (χ2n) is 8.04. The molecule has 1 unspecified atom stereocenters. The number of alkyl halides is 1. The third-order valence-electron chi connectivity index (χ3n) is 4.76. The van der Waals surface area contributed by atoms with Crippen LogP contribution in [0.15, 0.2) is 24.3 Å². The SMILES string of the molecule is COc1cc2c(nc1-c1cccc3c1CC(F)C3)c(I)nn2C(=O)OC(C)(C)C. The van der Waals surface area contributed by atoms with Crippen LogP contribution in [0.3, 0.4) is 0 Å². The van der Waals surface area contributed by atoms with Gasteiger partial charge in [-0.3, -0.25) is 0 Å². The maximum atomic E-state index is 14.0. The minimum Gasteiger partial charge on any atom is -0.494 e. The van der Waals surface area contributed by atoms with Gasteiger partial charge in [0, 0.05) is 24.5 Å². The zero-order valence-corrected chi connectivity index (χ0v) is 18.8. The van der Waals surface area contributed by atoms with Gasteiger partial charge in [0.2, 0.25) is 0 Å². The zero-order valence-electron chi connectivity index (χ0n) is 16.6. The molecule has 0 saturated heterocycles. The van der Waals surface area contributed by atoms with Gasteiger partial charge in [0.05, 0.1) is 7.11 Å². The van der Waals surface area contributed by atoms with Gasteiger partial charge in [0.25, 0.3) is 0 Å². The van der Waals surface area contributed by atoms with E-state index in [9.17, 15) is 9.18 Å². The summed E-state index contributed by atoms with van der Waals surface area (Å²) in [5.74, 6) is 0.495. The lowest BCUT2D eigenvalue weighted by Gasteiger charge is -2.19. The van der Waals surface area contributed by atoms with Crippen molar-refractivity contribution < 1.29 is 18.7 Å². The van der Waals surface area contributed by atoms with Gasteiger partial charge < -0.3 is 9.47 Å². The Morgan fingerprint density at radius 2 is 2.07 bits per heavy atom. The highest BCUT2D eigenvalue weighted by atomic mass is 127. The largest absolute Gasteiger partial charge is 0.494 e. The number of pyridine rings is 1. The van der Waals surface area contributed by atoms with Crippen LogP contribution < -0.4 is 4.74 Å². The molecule has 4 rings (SSSR count). The molecule has 152 valence electrons. The standard InChI is InChI=1S/C21H21FIN3O3/c1-21(2,3)29-20(27)26-15-10-16(28-4)17(24-18(15)19(23)25-26)13-7-5-6-11-8-12(22)9-14(11)13/h5-7,10,12H,8-9H2,1-4H3. The number of benzene rings is 1. The molecule has 0 spiro atoms. The first-order chi connectivity index (χ1) is 13.7. The number of nitrogens with zero attached hydrogens (tertiary/aromatic N) is 3. The Morgan fingerprint density at radius 1 is 1.31 bits per heavy atom. The first kappa shape index (κ1) is 20.1. The average molecular weight is 509 g/mol. The summed E-state index contributed by atoms with van der Waals surface area (Å²) in [6, 6.07) is 7.52. The Labute approximate surface area is 181 Å². The van der Waals surface area contributed by atoms with Crippen LogP contribution in [0.1, 0.15) is 31.9 Å². The van der Waals surface area contributed by atoms with Crippen molar-refractivity contribution in [3.05, 3.63) is 39.1 Å². The molecule has 0 aliphatic heterocycles. The summed E-state index contributed by atoms with van der Waals surface area (Å²) < 4.78 is 26.8. The fourth-order valence-electron chi connectivity index (χ4n) is 3.60. The topological polar surface area (TPSA) is 66.2 Å². The lowest BCUT2D eigenvalue weighted by atomic mass is 9.99. The molecule has 1 aliphatic rings. The number of methoxy groups -OCH3 is 1. The van der Waals surface area contributed by atoms with Gasteiger partial charge >= 0.3 is 6.09 Å². The van der Waals surface area contributed by atoms with Crippen molar-refractivity contribution in [2.75, 3.05) is 7.11 Å². The lowest BCUT2D eigenvalue weighted by Crippen LogP contribution is -2.27. The van der Waals surface area contributed by atoms with Gasteiger partial charge in [-0.15, -0.1) is 0 Å². The van der Waals surface area contributed by atoms with E-state index in [1.54, 1.807) is 33.9 Å². The second kappa shape index (κ2) is 7.23. The van der Waals surface area contributed by atoms with E-state index in [-0.39, 0.29) is 0 Å². The van der Waals surface area contributed by atoms with Crippen LogP contribution in [0.2, 0.25) is 0 Å². The normalized spacial score (nSPS) is 16.1. The maximum absolute atomic E-state index is 14.0. The number of hydrogen-bond acceptors (Lipinski definition) is 5. The third-order valence-corrected chi connectivity index (χ3v) is 5.49. The number of aromatic nitrogens is 3. The van der Waals surface area contributed by atoms with E-state index in [4.69, 9.17) is 14.5 Å². The molecule has 29 heavy (non-hydrogen) atoms. The van der Waals surface area contributed by atoms with Crippen molar-refractivity contribution in [3.8, 4) is 17.0 Å². The highest BCUT2D eigenvalue weighted by Crippen LogP contribution is 2.38. The van der Waals surface area contributed by atoms with E-state index in [2.05, 4.69) is 5.10 Å². The van der Waals surface area contributed by atoms with Gasteiger partial charge in [0.1, 0.15) is 38.0 Å². The van der Waals surface area contributed by atoms with E-state index in [1.807, 2.05) is 40.8 Å². The number of carbonyl (C=O) groups is 1. The van der Waals surface area contributed by atoms with Crippen LogP contribution in [-0.4, -0.2) is 39.7 Å². The second-order valence-corrected chi connectivity index (χ2v) is 9.06. The highest BCUT2D eigenvalue weighted by Gasteiger charge is 2.27. The first-order valence-electron chi connectivity index (χ1n) is 9.29. The fraction of sp³-hybridized carbons (Fsp3) is 0.381. The zero-order chi connectivity index (χ0) is 20.9. The minimum absolute atomic E-state index is 0.364. The van der Waals surface area contributed by atoms with Crippen molar-refractivity contribution >= 4 is 39.7 Å². The number of halogens is 2. The molecule has 0 saturated carbocycles. The number of fused-ring (bicyclic) bond motifs is 2. The van der Waals surface area contributed by atoms with Crippen LogP contribution in [0.25, 0.3) is 22.3 Å². The van der Waals surface area contributed by atoms with E-state index >= 15 is 0 Å². The quantitative estimate of drug-likeness (QED) is 0.459. The van der Waals surface area contributed by atoms with Crippen LogP contribution in [0.5, 0.6) is 5.75 Å². The molecule has 0 fully saturated rings. The Kier molecular flexibility index (Phi) is 5.00. The minimum atomic E-state index is -0.879. The van der Waals surface area contributed by atoms with E-state index in [0.29, 0.717) is 39.0 Å². The predicted molar refractivity (Wildman–Crippen MR) is 116 cm³/mol. The molecule has 0 bridgehead atoms. The number of ether oxygens (including phenoxy) is 2. The Hall–Kier alpha value is -2.23. The van der Waals surface area contributed by atoms with Crippen LogP contribution in [0, 0.1) is 3.70 Å². The van der Waals surface area contributed by atoms with Gasteiger partial charge in [-0.1, -0.05) is 18.2 Å². The Balaban J connectivity index is 1.88. The molecular weight excluding hydrogens is 488 g/mol. The Morgan fingerprint density at radius 3 is 2.76 bits per heavy atom. The van der Waals surface area contributed by atoms with Crippen molar-refractivity contribution in [3.63, 3.8) is 0 Å². The van der Waals surface area contributed by atoms with Crippen molar-refractivity contribution in [1.29, 1.82) is 0 Å². The van der Waals surface area contributed by atoms with Crippen molar-refractivity contribution in [2.24, 2.45) is 0 Å². The van der Waals surface area contributed by atoms with Gasteiger partial charge in [-0.2, -0.15) is 9.78 Å². The summed E-state index contributed by atoms with van der Waals surface area (Å²) in [4.78, 5) is 17.4. The molecule has 2 aromatic heterocycles. The number of hydrogen-bond donors (Lipinski definition) is 0. The molecule has 1 aromatic carbocycles. The van der Waals surface area contributed by atoms with Crippen LogP contribution in [0.4, 0.5) is 9.18 Å². The van der Waals surface area contributed by atoms with Crippen molar-refractivity contribution in [1.82, 2.24) is 14.8 Å². The monoisotopic (exact) mass is 509 g/mol. The molecule has 0 radical (unpaired) electrons. The molecule has 0 amide bonds. The highest BCUT2D eigenvalue weighted by molar-refractivity contribution is 14.1. The molecule has 6 nitrogen and oxygen atoms in total. The molecule has 1 atom stereocenters. The summed E-state index contributed by atoms with van der Waals surface area (Å²) in [6.07, 6.45) is -0.677. The van der Waals surface area contributed by atoms with E-state index in [0.717, 1.165) is 16.7 Å². The van der Waals surface area contributed by atoms with E-state index < -0.39 is 17.9 Å². The first-order valence-corrected chi connectivity index (χ1v) is 10.4. The van der Waals surface area contributed by atoms with E-state index in [1.165, 1.54) is 4.68 Å². The van der Waals surface area contributed by atoms with Gasteiger partial charge in [0.15, 0.2) is 0 Å². The van der Waals surface area contributed by atoms with Gasteiger partial charge in [-0.05, 0) is 54.5 Å². The summed E-state index contributed by atoms with van der Waals surface area (Å²) in [6.45, 7) is 5.39. The fourth-order valence-corrected chi connectivity index (χ4v) is 4.21. The molecule has 1 aliphatic carbocycles. The number of rotatable bonds is 2. The average Bonchev–Trinajstić information content (AvgIpc) is 3.18. The summed E-state index contributed by atoms with van der Waals surface area (Å²) >= 11 is 2.05. The van der Waals surface area contributed by atoms with Crippen molar-refractivity contribution in [2.45, 2.75) is 45.4 Å². The third kappa shape index (κ3) is 3.70.